The second kappa shape index (κ2) is 6.78. The summed E-state index contributed by atoms with van der Waals surface area (Å²) in [5.41, 5.74) is 2.02. The van der Waals surface area contributed by atoms with E-state index in [0.29, 0.717) is 18.8 Å². The fourth-order valence-corrected chi connectivity index (χ4v) is 3.15. The third-order valence-electron chi connectivity index (χ3n) is 3.01. The van der Waals surface area contributed by atoms with Gasteiger partial charge in [-0.2, -0.15) is 11.8 Å². The number of hydrogen-bond donors (Lipinski definition) is 1. The zero-order valence-corrected chi connectivity index (χ0v) is 11.7. The van der Waals surface area contributed by atoms with Gasteiger partial charge in [0.2, 0.25) is 0 Å². The molecule has 0 radical (unpaired) electrons. The molecule has 0 bridgehead atoms. The first-order valence-electron chi connectivity index (χ1n) is 6.44. The number of carbonyl (C=O) groups is 1. The lowest BCUT2D eigenvalue weighted by molar-refractivity contribution is -0.142. The number of aliphatic hydroxyl groups excluding tert-OH is 1. The van der Waals surface area contributed by atoms with Crippen LogP contribution in [-0.2, 0) is 9.53 Å². The first kappa shape index (κ1) is 14.2. The highest BCUT2D eigenvalue weighted by atomic mass is 32.2. The van der Waals surface area contributed by atoms with Crippen LogP contribution in [0.2, 0.25) is 0 Å². The molecule has 0 aromatic heterocycles. The summed E-state index contributed by atoms with van der Waals surface area (Å²) in [6.07, 6.45) is 3.91. The minimum Gasteiger partial charge on any atom is -0.466 e. The van der Waals surface area contributed by atoms with E-state index in [1.54, 1.807) is 18.7 Å². The van der Waals surface area contributed by atoms with Gasteiger partial charge in [-0.15, -0.1) is 0 Å². The van der Waals surface area contributed by atoms with Gasteiger partial charge in [-0.3, -0.25) is 4.79 Å². The van der Waals surface area contributed by atoms with Crippen LogP contribution in [0.4, 0.5) is 0 Å². The highest BCUT2D eigenvalue weighted by molar-refractivity contribution is 8.00. The zero-order valence-electron chi connectivity index (χ0n) is 10.9. The Labute approximate surface area is 117 Å². The molecule has 19 heavy (non-hydrogen) atoms. The first-order valence-corrected chi connectivity index (χ1v) is 7.49. The Balaban J connectivity index is 1.89. The fraction of sp³-hybridized carbons (Fsp3) is 0.400. The summed E-state index contributed by atoms with van der Waals surface area (Å²) < 4.78 is 4.88. The van der Waals surface area contributed by atoms with Gasteiger partial charge in [-0.1, -0.05) is 36.4 Å². The molecule has 102 valence electrons. The number of fused-ring (bicyclic) bond motifs is 1. The number of benzene rings is 1. The van der Waals surface area contributed by atoms with E-state index in [1.165, 1.54) is 0 Å². The minimum atomic E-state index is -0.506. The van der Waals surface area contributed by atoms with Gasteiger partial charge in [0.05, 0.1) is 24.4 Å². The van der Waals surface area contributed by atoms with E-state index in [9.17, 15) is 9.90 Å². The molecular formula is C15H18O3S. The third-order valence-corrected chi connectivity index (χ3v) is 4.25. The summed E-state index contributed by atoms with van der Waals surface area (Å²) in [6.45, 7) is 2.22. The Bertz CT molecular complexity index is 470. The maximum absolute atomic E-state index is 11.2. The van der Waals surface area contributed by atoms with Crippen molar-refractivity contribution in [2.24, 2.45) is 0 Å². The highest BCUT2D eigenvalue weighted by Gasteiger charge is 2.24. The second-order valence-electron chi connectivity index (χ2n) is 4.32. The Hall–Kier alpha value is -1.26. The molecule has 2 atom stereocenters. The molecule has 0 unspecified atom stereocenters. The van der Waals surface area contributed by atoms with Crippen molar-refractivity contribution in [1.82, 2.24) is 0 Å². The number of rotatable bonds is 5. The number of hydrogen-bond acceptors (Lipinski definition) is 4. The molecule has 1 aromatic carbocycles. The maximum atomic E-state index is 11.2. The smallest absolute Gasteiger partial charge is 0.306 e. The van der Waals surface area contributed by atoms with Crippen LogP contribution in [0.1, 0.15) is 30.6 Å². The molecule has 2 rings (SSSR count). The molecule has 3 nitrogen and oxygen atoms in total. The molecule has 0 saturated heterocycles. The molecule has 0 aliphatic heterocycles. The lowest BCUT2D eigenvalue weighted by atomic mass is 9.95. The Kier molecular flexibility index (Phi) is 5.05. The van der Waals surface area contributed by atoms with Gasteiger partial charge in [0.25, 0.3) is 0 Å². The Morgan fingerprint density at radius 1 is 1.42 bits per heavy atom. The van der Waals surface area contributed by atoms with Crippen molar-refractivity contribution in [3.05, 3.63) is 41.5 Å². The molecule has 0 saturated carbocycles. The molecule has 4 heteroatoms. The summed E-state index contributed by atoms with van der Waals surface area (Å²) in [5.74, 6) is 0.484. The van der Waals surface area contributed by atoms with E-state index in [0.717, 1.165) is 11.1 Å². The molecule has 0 fully saturated rings. The van der Waals surface area contributed by atoms with E-state index in [-0.39, 0.29) is 11.2 Å². The van der Waals surface area contributed by atoms with Gasteiger partial charge >= 0.3 is 5.97 Å². The van der Waals surface area contributed by atoms with Gasteiger partial charge in [-0.25, -0.2) is 0 Å². The summed E-state index contributed by atoms with van der Waals surface area (Å²) in [7, 11) is 0. The van der Waals surface area contributed by atoms with Crippen LogP contribution in [0.25, 0.3) is 6.08 Å². The molecule has 0 spiro atoms. The second-order valence-corrected chi connectivity index (χ2v) is 5.61. The van der Waals surface area contributed by atoms with Gasteiger partial charge in [0.15, 0.2) is 0 Å². The number of aliphatic hydroxyl groups is 1. The van der Waals surface area contributed by atoms with Crippen molar-refractivity contribution in [3.63, 3.8) is 0 Å². The number of carbonyl (C=O) groups excluding carboxylic acids is 1. The molecular weight excluding hydrogens is 260 g/mol. The normalized spacial score (nSPS) is 20.9. The quantitative estimate of drug-likeness (QED) is 0.841. The van der Waals surface area contributed by atoms with E-state index >= 15 is 0 Å². The summed E-state index contributed by atoms with van der Waals surface area (Å²) in [5, 5.41) is 10.3. The van der Waals surface area contributed by atoms with Crippen LogP contribution in [-0.4, -0.2) is 28.7 Å². The number of ether oxygens (including phenoxy) is 1. The van der Waals surface area contributed by atoms with E-state index < -0.39 is 6.10 Å². The van der Waals surface area contributed by atoms with Crippen molar-refractivity contribution in [1.29, 1.82) is 0 Å². The lowest BCUT2D eigenvalue weighted by Crippen LogP contribution is -2.18. The number of thioether (sulfide) groups is 1. The lowest BCUT2D eigenvalue weighted by Gasteiger charge is -2.25. The molecule has 0 amide bonds. The minimum absolute atomic E-state index is 0.00401. The largest absolute Gasteiger partial charge is 0.466 e. The van der Waals surface area contributed by atoms with Gasteiger partial charge in [-0.05, 0) is 18.1 Å². The standard InChI is InChI=1S/C15H18O3S/c1-2-18-14(16)9-10-19-13-8-7-11-5-3-4-6-12(11)15(13)17/h3-8,13,15,17H,2,9-10H2,1H3/t13-,15-/m1/s1. The van der Waals surface area contributed by atoms with Crippen molar-refractivity contribution in [2.75, 3.05) is 12.4 Å². The van der Waals surface area contributed by atoms with Crippen LogP contribution < -0.4 is 0 Å². The molecule has 1 aromatic rings. The Morgan fingerprint density at radius 2 is 2.21 bits per heavy atom. The van der Waals surface area contributed by atoms with Crippen LogP contribution >= 0.6 is 11.8 Å². The van der Waals surface area contributed by atoms with Gasteiger partial charge in [0.1, 0.15) is 0 Å². The maximum Gasteiger partial charge on any atom is 0.306 e. The van der Waals surface area contributed by atoms with Crippen LogP contribution in [0.3, 0.4) is 0 Å². The highest BCUT2D eigenvalue weighted by Crippen LogP contribution is 2.34. The van der Waals surface area contributed by atoms with Crippen LogP contribution in [0.15, 0.2) is 30.3 Å². The van der Waals surface area contributed by atoms with Gasteiger partial charge in [0, 0.05) is 5.75 Å². The zero-order chi connectivity index (χ0) is 13.7. The monoisotopic (exact) mass is 278 g/mol. The molecule has 1 aliphatic carbocycles. The predicted molar refractivity (Wildman–Crippen MR) is 77.9 cm³/mol. The van der Waals surface area contributed by atoms with Crippen molar-refractivity contribution in [3.8, 4) is 0 Å². The van der Waals surface area contributed by atoms with Crippen LogP contribution in [0, 0.1) is 0 Å². The summed E-state index contributed by atoms with van der Waals surface area (Å²) in [4.78, 5) is 11.2. The Morgan fingerprint density at radius 3 is 3.00 bits per heavy atom. The topological polar surface area (TPSA) is 46.5 Å². The first-order chi connectivity index (χ1) is 9.22. The van der Waals surface area contributed by atoms with Crippen molar-refractivity contribution >= 4 is 23.8 Å². The van der Waals surface area contributed by atoms with Crippen molar-refractivity contribution in [2.45, 2.75) is 24.7 Å². The van der Waals surface area contributed by atoms with E-state index in [1.807, 2.05) is 36.4 Å². The average molecular weight is 278 g/mol. The summed E-state index contributed by atoms with van der Waals surface area (Å²) >= 11 is 1.59. The fourth-order valence-electron chi connectivity index (χ4n) is 2.07. The van der Waals surface area contributed by atoms with Crippen LogP contribution in [0.5, 0.6) is 0 Å². The van der Waals surface area contributed by atoms with Crippen molar-refractivity contribution < 1.29 is 14.6 Å². The summed E-state index contributed by atoms with van der Waals surface area (Å²) in [6, 6.07) is 7.84. The molecule has 1 N–H and O–H groups in total. The molecule has 0 heterocycles. The predicted octanol–water partition coefficient (Wildman–Crippen LogP) is 2.80. The van der Waals surface area contributed by atoms with E-state index in [4.69, 9.17) is 4.74 Å². The average Bonchev–Trinajstić information content (AvgIpc) is 2.42. The molecule has 1 aliphatic rings. The van der Waals surface area contributed by atoms with Gasteiger partial charge < -0.3 is 9.84 Å². The number of esters is 1. The van der Waals surface area contributed by atoms with E-state index in [2.05, 4.69) is 0 Å². The third kappa shape index (κ3) is 3.61. The SMILES string of the molecule is CCOC(=O)CCS[C@@H]1C=Cc2ccccc2[C@H]1O.